The van der Waals surface area contributed by atoms with E-state index in [1.807, 2.05) is 0 Å². The van der Waals surface area contributed by atoms with Crippen molar-refractivity contribution >= 4 is 23.5 Å². The highest BCUT2D eigenvalue weighted by Crippen LogP contribution is 2.30. The molecule has 1 fully saturated rings. The highest BCUT2D eigenvalue weighted by Gasteiger charge is 2.40. The highest BCUT2D eigenvalue weighted by atomic mass is 35.5. The molecule has 0 spiro atoms. The molecule has 0 unspecified atom stereocenters. The van der Waals surface area contributed by atoms with Crippen molar-refractivity contribution in [2.75, 3.05) is 26.9 Å². The van der Waals surface area contributed by atoms with Gasteiger partial charge >= 0.3 is 5.97 Å². The summed E-state index contributed by atoms with van der Waals surface area (Å²) in [4.78, 5) is 23.7. The first-order chi connectivity index (χ1) is 10.5. The van der Waals surface area contributed by atoms with Crippen molar-refractivity contribution in [3.05, 3.63) is 28.8 Å². The number of halogens is 1. The van der Waals surface area contributed by atoms with Crippen molar-refractivity contribution in [1.29, 1.82) is 0 Å². The minimum absolute atomic E-state index is 0.0649. The maximum Gasteiger partial charge on any atom is 0.311 e. The van der Waals surface area contributed by atoms with Crippen molar-refractivity contribution in [3.63, 3.8) is 0 Å². The van der Waals surface area contributed by atoms with Gasteiger partial charge in [0.25, 0.3) is 5.91 Å². The molecule has 6 nitrogen and oxygen atoms in total. The summed E-state index contributed by atoms with van der Waals surface area (Å²) in [5.74, 6) is -0.875. The number of nitrogens with one attached hydrogen (secondary N) is 1. The number of carbonyl (C=O) groups excluding carboxylic acids is 1. The van der Waals surface area contributed by atoms with Crippen LogP contribution in [0.4, 0.5) is 0 Å². The molecule has 1 aliphatic heterocycles. The van der Waals surface area contributed by atoms with Crippen molar-refractivity contribution in [2.45, 2.75) is 12.8 Å². The number of benzene rings is 1. The summed E-state index contributed by atoms with van der Waals surface area (Å²) in [5.41, 5.74) is -0.599. The van der Waals surface area contributed by atoms with Crippen LogP contribution in [0.1, 0.15) is 23.2 Å². The van der Waals surface area contributed by atoms with E-state index in [1.54, 1.807) is 12.1 Å². The van der Waals surface area contributed by atoms with Gasteiger partial charge in [-0.3, -0.25) is 9.59 Å². The largest absolute Gasteiger partial charge is 0.495 e. The van der Waals surface area contributed by atoms with Crippen LogP contribution in [0.15, 0.2) is 18.2 Å². The molecule has 0 aromatic heterocycles. The first-order valence-corrected chi connectivity index (χ1v) is 7.29. The molecule has 7 heteroatoms. The average molecular weight is 328 g/mol. The Morgan fingerprint density at radius 2 is 2.09 bits per heavy atom. The van der Waals surface area contributed by atoms with E-state index in [9.17, 15) is 14.7 Å². The third-order valence-corrected chi connectivity index (χ3v) is 4.22. The predicted octanol–water partition coefficient (Wildman–Crippen LogP) is 1.96. The molecule has 1 aliphatic rings. The summed E-state index contributed by atoms with van der Waals surface area (Å²) >= 11 is 5.92. The second-order valence-electron chi connectivity index (χ2n) is 5.23. The number of ether oxygens (including phenoxy) is 2. The fourth-order valence-electron chi connectivity index (χ4n) is 2.38. The van der Waals surface area contributed by atoms with Crippen LogP contribution in [0.5, 0.6) is 5.75 Å². The Hall–Kier alpha value is -1.79. The molecule has 2 rings (SSSR count). The first-order valence-electron chi connectivity index (χ1n) is 6.91. The van der Waals surface area contributed by atoms with Gasteiger partial charge in [-0.05, 0) is 31.0 Å². The summed E-state index contributed by atoms with van der Waals surface area (Å²) in [7, 11) is 1.46. The molecule has 0 radical (unpaired) electrons. The third kappa shape index (κ3) is 3.51. The van der Waals surface area contributed by atoms with E-state index in [4.69, 9.17) is 21.1 Å². The van der Waals surface area contributed by atoms with Crippen molar-refractivity contribution in [3.8, 4) is 5.75 Å². The van der Waals surface area contributed by atoms with E-state index in [1.165, 1.54) is 13.2 Å². The van der Waals surface area contributed by atoms with E-state index in [-0.39, 0.29) is 12.5 Å². The van der Waals surface area contributed by atoms with E-state index in [0.717, 1.165) is 0 Å². The van der Waals surface area contributed by atoms with Crippen LogP contribution in [0.2, 0.25) is 5.02 Å². The predicted molar refractivity (Wildman–Crippen MR) is 80.5 cm³/mol. The van der Waals surface area contributed by atoms with E-state index in [2.05, 4.69) is 5.32 Å². The minimum Gasteiger partial charge on any atom is -0.495 e. The zero-order valence-electron chi connectivity index (χ0n) is 12.2. The maximum atomic E-state index is 12.2. The molecule has 1 heterocycles. The Balaban J connectivity index is 2.06. The number of carboxylic acid groups (broad SMARTS) is 1. The summed E-state index contributed by atoms with van der Waals surface area (Å²) < 4.78 is 10.3. The van der Waals surface area contributed by atoms with Crippen LogP contribution >= 0.6 is 11.6 Å². The van der Waals surface area contributed by atoms with Gasteiger partial charge in [-0.25, -0.2) is 0 Å². The Kier molecular flexibility index (Phi) is 5.26. The summed E-state index contributed by atoms with van der Waals surface area (Å²) in [6, 6.07) is 4.66. The number of carbonyl (C=O) groups is 2. The molecule has 1 aromatic rings. The number of hydrogen-bond acceptors (Lipinski definition) is 4. The smallest absolute Gasteiger partial charge is 0.311 e. The molecule has 0 atom stereocenters. The van der Waals surface area contributed by atoms with Crippen LogP contribution in [0.25, 0.3) is 0 Å². The van der Waals surface area contributed by atoms with E-state index in [0.29, 0.717) is 42.4 Å². The Morgan fingerprint density at radius 1 is 1.41 bits per heavy atom. The van der Waals surface area contributed by atoms with Crippen LogP contribution in [0.3, 0.4) is 0 Å². The molecule has 1 saturated heterocycles. The fourth-order valence-corrected chi connectivity index (χ4v) is 2.58. The molecule has 120 valence electrons. The molecular formula is C15H18ClNO5. The molecule has 0 aliphatic carbocycles. The highest BCUT2D eigenvalue weighted by molar-refractivity contribution is 6.32. The Labute approximate surface area is 133 Å². The summed E-state index contributed by atoms with van der Waals surface area (Å²) in [6.07, 6.45) is 0.763. The van der Waals surface area contributed by atoms with Gasteiger partial charge in [0.05, 0.1) is 17.5 Å². The van der Waals surface area contributed by atoms with Gasteiger partial charge in [0.1, 0.15) is 5.75 Å². The van der Waals surface area contributed by atoms with Gasteiger partial charge in [-0.2, -0.15) is 0 Å². The molecule has 1 aromatic carbocycles. The minimum atomic E-state index is -0.968. The summed E-state index contributed by atoms with van der Waals surface area (Å²) in [5, 5.41) is 12.5. The second-order valence-corrected chi connectivity index (χ2v) is 5.64. The zero-order chi connectivity index (χ0) is 16.2. The van der Waals surface area contributed by atoms with Gasteiger partial charge in [0.15, 0.2) is 0 Å². The second kappa shape index (κ2) is 6.98. The Morgan fingerprint density at radius 3 is 2.68 bits per heavy atom. The summed E-state index contributed by atoms with van der Waals surface area (Å²) in [6.45, 7) is 0.837. The number of amides is 1. The lowest BCUT2D eigenvalue weighted by molar-refractivity contribution is -0.154. The van der Waals surface area contributed by atoms with Crippen molar-refractivity contribution in [1.82, 2.24) is 5.32 Å². The zero-order valence-corrected chi connectivity index (χ0v) is 13.0. The standard InChI is InChI=1S/C15H18ClNO5/c1-21-12-8-10(2-3-11(12)16)13(18)17-9-15(14(19)20)4-6-22-7-5-15/h2-3,8H,4-7,9H2,1H3,(H,17,18)(H,19,20). The molecular weight excluding hydrogens is 310 g/mol. The molecule has 2 N–H and O–H groups in total. The molecule has 22 heavy (non-hydrogen) atoms. The quantitative estimate of drug-likeness (QED) is 0.863. The van der Waals surface area contributed by atoms with Crippen LogP contribution in [-0.4, -0.2) is 43.9 Å². The number of rotatable bonds is 5. The fraction of sp³-hybridized carbons (Fsp3) is 0.467. The lowest BCUT2D eigenvalue weighted by Crippen LogP contribution is -2.46. The Bertz CT molecular complexity index is 569. The van der Waals surface area contributed by atoms with Gasteiger partial charge in [-0.1, -0.05) is 11.6 Å². The lowest BCUT2D eigenvalue weighted by atomic mass is 9.80. The molecule has 0 saturated carbocycles. The SMILES string of the molecule is COc1cc(C(=O)NCC2(C(=O)O)CCOCC2)ccc1Cl. The first kappa shape index (κ1) is 16.6. The number of aliphatic carboxylic acids is 1. The van der Waals surface area contributed by atoms with E-state index < -0.39 is 11.4 Å². The molecule has 0 bridgehead atoms. The normalized spacial score (nSPS) is 16.8. The van der Waals surface area contributed by atoms with Crippen LogP contribution in [-0.2, 0) is 9.53 Å². The number of methoxy groups -OCH3 is 1. The maximum absolute atomic E-state index is 12.2. The van der Waals surface area contributed by atoms with Gasteiger partial charge in [0.2, 0.25) is 0 Å². The van der Waals surface area contributed by atoms with Gasteiger partial charge in [-0.15, -0.1) is 0 Å². The van der Waals surface area contributed by atoms with Crippen molar-refractivity contribution in [2.24, 2.45) is 5.41 Å². The van der Waals surface area contributed by atoms with Gasteiger partial charge in [0, 0.05) is 25.3 Å². The van der Waals surface area contributed by atoms with Crippen molar-refractivity contribution < 1.29 is 24.2 Å². The number of hydrogen-bond donors (Lipinski definition) is 2. The van der Waals surface area contributed by atoms with Gasteiger partial charge < -0.3 is 19.9 Å². The number of carboxylic acids is 1. The average Bonchev–Trinajstić information content (AvgIpc) is 2.53. The third-order valence-electron chi connectivity index (χ3n) is 3.90. The van der Waals surface area contributed by atoms with Crippen LogP contribution < -0.4 is 10.1 Å². The molecule has 1 amide bonds. The topological polar surface area (TPSA) is 84.9 Å². The van der Waals surface area contributed by atoms with Crippen LogP contribution in [0, 0.1) is 5.41 Å². The lowest BCUT2D eigenvalue weighted by Gasteiger charge is -2.33. The monoisotopic (exact) mass is 327 g/mol. The van der Waals surface area contributed by atoms with E-state index >= 15 is 0 Å².